The smallest absolute Gasteiger partial charge is 0.214 e. The summed E-state index contributed by atoms with van der Waals surface area (Å²) in [6, 6.07) is -0.0351. The maximum atomic E-state index is 11.6. The average molecular weight is 255 g/mol. The van der Waals surface area contributed by atoms with E-state index in [1.165, 1.54) is 4.31 Å². The van der Waals surface area contributed by atoms with Crippen molar-refractivity contribution in [3.8, 4) is 0 Å². The van der Waals surface area contributed by atoms with Gasteiger partial charge in [0, 0.05) is 19.1 Å². The quantitative estimate of drug-likeness (QED) is 0.770. The lowest BCUT2D eigenvalue weighted by atomic mass is 9.87. The van der Waals surface area contributed by atoms with Crippen LogP contribution in [0, 0.1) is 5.41 Å². The van der Waals surface area contributed by atoms with E-state index in [0.717, 1.165) is 6.42 Å². The first-order valence-corrected chi connectivity index (χ1v) is 7.10. The Hall–Kier alpha value is 0.160. The highest BCUT2D eigenvalue weighted by molar-refractivity contribution is 7.89. The summed E-state index contributed by atoms with van der Waals surface area (Å²) in [5, 5.41) is 0. The maximum Gasteiger partial charge on any atom is 0.214 e. The topological polar surface area (TPSA) is 49.4 Å². The molecule has 0 aromatic heterocycles. The summed E-state index contributed by atoms with van der Waals surface area (Å²) in [5.74, 6) is 0.270. The number of halogens is 1. The third-order valence-corrected chi connectivity index (χ3v) is 4.95. The monoisotopic (exact) mass is 254 g/mol. The van der Waals surface area contributed by atoms with E-state index in [9.17, 15) is 8.42 Å². The summed E-state index contributed by atoms with van der Waals surface area (Å²) in [5.41, 5.74) is -0.0557. The number of nitrogens with one attached hydrogen (secondary N) is 1. The van der Waals surface area contributed by atoms with Crippen LogP contribution in [0.15, 0.2) is 0 Å². The molecule has 4 nitrogen and oxygen atoms in total. The minimum Gasteiger partial charge on any atom is -0.229 e. The predicted molar refractivity (Wildman–Crippen MR) is 62.2 cm³/mol. The fraction of sp³-hybridized carbons (Fsp3) is 1.00. The lowest BCUT2D eigenvalue weighted by molar-refractivity contribution is 0.256. The minimum atomic E-state index is -3.02. The van der Waals surface area contributed by atoms with Crippen LogP contribution in [0.5, 0.6) is 0 Å². The lowest BCUT2D eigenvalue weighted by Gasteiger charge is -2.31. The Morgan fingerprint density at radius 1 is 1.47 bits per heavy atom. The van der Waals surface area contributed by atoms with Gasteiger partial charge < -0.3 is 0 Å². The zero-order valence-electron chi connectivity index (χ0n) is 9.46. The van der Waals surface area contributed by atoms with Crippen LogP contribution in [0.1, 0.15) is 27.2 Å². The Labute approximate surface area is 97.1 Å². The molecule has 0 aromatic carbocycles. The van der Waals surface area contributed by atoms with Gasteiger partial charge in [-0.25, -0.2) is 17.6 Å². The summed E-state index contributed by atoms with van der Waals surface area (Å²) in [6.45, 7) is 7.18. The molecule has 1 aliphatic rings. The molecule has 1 atom stereocenters. The predicted octanol–water partition coefficient (Wildman–Crippen LogP) is 1.18. The van der Waals surface area contributed by atoms with Gasteiger partial charge in [0.15, 0.2) is 0 Å². The molecule has 0 radical (unpaired) electrons. The van der Waals surface area contributed by atoms with Crippen LogP contribution in [0.25, 0.3) is 0 Å². The molecule has 6 heteroatoms. The van der Waals surface area contributed by atoms with Gasteiger partial charge in [-0.2, -0.15) is 0 Å². The van der Waals surface area contributed by atoms with Crippen LogP contribution in [-0.4, -0.2) is 37.6 Å². The molecule has 0 bridgehead atoms. The molecule has 0 amide bonds. The highest BCUT2D eigenvalue weighted by atomic mass is 35.5. The van der Waals surface area contributed by atoms with E-state index in [0.29, 0.717) is 13.1 Å². The Bertz CT molecular complexity index is 311. The van der Waals surface area contributed by atoms with Crippen molar-refractivity contribution in [3.63, 3.8) is 0 Å². The molecule has 0 aromatic rings. The van der Waals surface area contributed by atoms with Crippen molar-refractivity contribution < 1.29 is 8.42 Å². The van der Waals surface area contributed by atoms with Crippen LogP contribution >= 0.6 is 11.8 Å². The van der Waals surface area contributed by atoms with Gasteiger partial charge in [-0.3, -0.25) is 0 Å². The van der Waals surface area contributed by atoms with Crippen LogP contribution in [0.3, 0.4) is 0 Å². The summed E-state index contributed by atoms with van der Waals surface area (Å²) >= 11 is 5.65. The fourth-order valence-corrected chi connectivity index (χ4v) is 3.50. The van der Waals surface area contributed by atoms with E-state index in [-0.39, 0.29) is 17.2 Å². The van der Waals surface area contributed by atoms with Gasteiger partial charge in [0.25, 0.3) is 0 Å². The molecule has 0 aliphatic carbocycles. The maximum absolute atomic E-state index is 11.6. The number of nitrogens with zero attached hydrogens (tertiary/aromatic N) is 1. The van der Waals surface area contributed by atoms with Crippen molar-refractivity contribution in [3.05, 3.63) is 0 Å². The van der Waals surface area contributed by atoms with Crippen LogP contribution in [-0.2, 0) is 10.0 Å². The van der Waals surface area contributed by atoms with Gasteiger partial charge in [-0.15, -0.1) is 0 Å². The van der Waals surface area contributed by atoms with Crippen molar-refractivity contribution in [2.24, 2.45) is 5.41 Å². The second-order valence-electron chi connectivity index (χ2n) is 5.06. The normalized spacial score (nSPS) is 24.3. The fourth-order valence-electron chi connectivity index (χ4n) is 1.57. The third-order valence-electron chi connectivity index (χ3n) is 2.77. The van der Waals surface area contributed by atoms with E-state index >= 15 is 0 Å². The van der Waals surface area contributed by atoms with E-state index in [2.05, 4.69) is 4.84 Å². The lowest BCUT2D eigenvalue weighted by Crippen LogP contribution is -2.45. The standard InChI is InChI=1S/C9H19ClN2O2S/c1-9(2,3)8(11-10)7-12-5-4-6-15(12,13)14/h8,11H,4-7H2,1-3H3/t8-/m1/s1. The summed E-state index contributed by atoms with van der Waals surface area (Å²) in [4.78, 5) is 2.67. The first-order chi connectivity index (χ1) is 6.77. The molecule has 90 valence electrons. The van der Waals surface area contributed by atoms with E-state index in [1.807, 2.05) is 20.8 Å². The molecule has 1 saturated heterocycles. The molecule has 1 heterocycles. The zero-order valence-corrected chi connectivity index (χ0v) is 11.0. The Balaban J connectivity index is 2.68. The SMILES string of the molecule is CC(C)(C)[C@@H](CN1CCCS1(=O)=O)NCl. The second kappa shape index (κ2) is 4.57. The Kier molecular flexibility index (Phi) is 4.03. The molecule has 1 rings (SSSR count). The largest absolute Gasteiger partial charge is 0.229 e. The molecule has 1 N–H and O–H groups in total. The molecular formula is C9H19ClN2O2S. The minimum absolute atomic E-state index is 0.0351. The van der Waals surface area contributed by atoms with Crippen molar-refractivity contribution in [2.45, 2.75) is 33.2 Å². The number of hydrogen-bond donors (Lipinski definition) is 1. The molecule has 0 unspecified atom stereocenters. The van der Waals surface area contributed by atoms with E-state index in [1.54, 1.807) is 0 Å². The van der Waals surface area contributed by atoms with Crippen molar-refractivity contribution in [2.75, 3.05) is 18.8 Å². The molecular weight excluding hydrogens is 236 g/mol. The molecule has 1 aliphatic heterocycles. The summed E-state index contributed by atoms with van der Waals surface area (Å²) in [6.07, 6.45) is 0.724. The van der Waals surface area contributed by atoms with Crippen LogP contribution in [0.4, 0.5) is 0 Å². The Morgan fingerprint density at radius 2 is 2.07 bits per heavy atom. The number of sulfonamides is 1. The molecule has 1 fully saturated rings. The van der Waals surface area contributed by atoms with Gasteiger partial charge in [0.1, 0.15) is 0 Å². The van der Waals surface area contributed by atoms with E-state index < -0.39 is 10.0 Å². The first-order valence-electron chi connectivity index (χ1n) is 5.11. The number of rotatable bonds is 3. The number of hydrogen-bond acceptors (Lipinski definition) is 3. The molecule has 15 heavy (non-hydrogen) atoms. The van der Waals surface area contributed by atoms with Crippen LogP contribution in [0.2, 0.25) is 0 Å². The third kappa shape index (κ3) is 3.31. The first kappa shape index (κ1) is 13.2. The van der Waals surface area contributed by atoms with Crippen molar-refractivity contribution in [1.82, 2.24) is 9.14 Å². The zero-order chi connectivity index (χ0) is 11.7. The molecule has 0 saturated carbocycles. The highest BCUT2D eigenvalue weighted by Crippen LogP contribution is 2.23. The average Bonchev–Trinajstić information content (AvgIpc) is 2.39. The van der Waals surface area contributed by atoms with Crippen molar-refractivity contribution >= 4 is 21.8 Å². The van der Waals surface area contributed by atoms with Gasteiger partial charge in [0.05, 0.1) is 5.75 Å². The van der Waals surface area contributed by atoms with Gasteiger partial charge in [-0.1, -0.05) is 20.8 Å². The summed E-state index contributed by atoms with van der Waals surface area (Å²) in [7, 11) is -3.02. The van der Waals surface area contributed by atoms with Crippen molar-refractivity contribution in [1.29, 1.82) is 0 Å². The molecule has 0 spiro atoms. The van der Waals surface area contributed by atoms with Gasteiger partial charge in [-0.05, 0) is 23.6 Å². The van der Waals surface area contributed by atoms with E-state index in [4.69, 9.17) is 11.8 Å². The Morgan fingerprint density at radius 3 is 2.40 bits per heavy atom. The second-order valence-corrected chi connectivity index (χ2v) is 7.36. The summed E-state index contributed by atoms with van der Waals surface area (Å²) < 4.78 is 24.7. The highest BCUT2D eigenvalue weighted by Gasteiger charge is 2.33. The van der Waals surface area contributed by atoms with Gasteiger partial charge >= 0.3 is 0 Å². The van der Waals surface area contributed by atoms with Gasteiger partial charge in [0.2, 0.25) is 10.0 Å². The van der Waals surface area contributed by atoms with Crippen LogP contribution < -0.4 is 4.84 Å².